The standard InChI is InChI=1S/C41H53N3O4.C33H43NO5S.C17H11NO3/c1-9-40(4,5)29-17-20-37(34(26-29)41(6,7)10-2)48-24-14-13-21-42-39(47)33-27-36(31-15-11-12-16-32(31)38(33)46)43-35-19-18-30(25-28(35)3)44(8)22-23-45;1-3-4-5-6-7-8-9-10-11-14-20-39-29-18-17-24(2)22-28(29)34-33(38)27-23-30(40-21-19-31(35)36)25-15-12-13-16-26(25)32(27)37;1-11-5-7-12(8-6-11)15-14(10-13-4-3-9-20-13)21-17(19)16(15)18-2/h11-12,15-20,25-27,45H,9-10,13-14,21-24H2,1-8H3,(H,42,47);12-13,15-18,22-23,37H,3-11,14,19-21H2,1-2H3,(H,34,38)(H,35,36);3-10H,1H3. The molecule has 1 aliphatic heterocycles. The first-order valence-corrected chi connectivity index (χ1v) is 39.1. The summed E-state index contributed by atoms with van der Waals surface area (Å²) in [7, 11) is 1.93. The van der Waals surface area contributed by atoms with Gasteiger partial charge in [0, 0.05) is 70.2 Å². The number of phenolic OH excluding ortho intramolecular Hbond substituents is 1. The molecular formula is C91H107N5O12S. The molecule has 0 radical (unpaired) electrons. The molecule has 18 heteroatoms. The molecule has 1 aliphatic carbocycles. The Labute approximate surface area is 647 Å². The maximum atomic E-state index is 13.4. The van der Waals surface area contributed by atoms with E-state index >= 15 is 0 Å². The van der Waals surface area contributed by atoms with Gasteiger partial charge in [0.05, 0.1) is 67.3 Å². The van der Waals surface area contributed by atoms with Gasteiger partial charge in [-0.15, -0.1) is 11.8 Å². The molecule has 0 atom stereocenters. The second-order valence-electron chi connectivity index (χ2n) is 29.0. The molecule has 2 aliphatic rings. The number of aromatic hydroxyl groups is 1. The molecule has 2 heterocycles. The number of rotatable bonds is 35. The summed E-state index contributed by atoms with van der Waals surface area (Å²) >= 11 is 1.36. The number of aliphatic imine (C=N–C) groups is 1. The van der Waals surface area contributed by atoms with Crippen LogP contribution in [0, 0.1) is 27.3 Å². The lowest BCUT2D eigenvalue weighted by Crippen LogP contribution is -2.32. The zero-order valence-corrected chi connectivity index (χ0v) is 66.0. The minimum absolute atomic E-state index is 0.00309. The monoisotopic (exact) mass is 1490 g/mol. The number of likely N-dealkylation sites (N-methyl/N-ethyl adjacent to an activating group) is 1. The van der Waals surface area contributed by atoms with Crippen molar-refractivity contribution in [3.63, 3.8) is 0 Å². The Kier molecular flexibility index (Phi) is 31.8. The molecule has 8 aromatic rings. The van der Waals surface area contributed by atoms with Crippen LogP contribution < -0.4 is 25.0 Å². The number of furan rings is 1. The highest BCUT2D eigenvalue weighted by atomic mass is 32.2. The number of phenols is 1. The molecule has 5 N–H and O–H groups in total. The van der Waals surface area contributed by atoms with E-state index in [-0.39, 0.29) is 52.2 Å². The molecule has 0 unspecified atom stereocenters. The zero-order chi connectivity index (χ0) is 78.6. The van der Waals surface area contributed by atoms with Gasteiger partial charge in [-0.05, 0) is 152 Å². The normalized spacial score (nSPS) is 13.4. The van der Waals surface area contributed by atoms with Crippen LogP contribution in [0.25, 0.3) is 27.3 Å². The van der Waals surface area contributed by atoms with Gasteiger partial charge in [-0.25, -0.2) is 9.84 Å². The van der Waals surface area contributed by atoms with Crippen LogP contribution in [-0.4, -0.2) is 96.3 Å². The minimum atomic E-state index is -0.877. The number of ketones is 1. The highest BCUT2D eigenvalue weighted by molar-refractivity contribution is 7.99. The number of carboxylic acid groups (broad SMARTS) is 1. The van der Waals surface area contributed by atoms with Crippen molar-refractivity contribution in [2.75, 3.05) is 55.9 Å². The molecule has 0 bridgehead atoms. The topological polar surface area (TPSA) is 231 Å². The first kappa shape index (κ1) is 84.1. The van der Waals surface area contributed by atoms with Crippen molar-refractivity contribution in [2.45, 2.75) is 181 Å². The summed E-state index contributed by atoms with van der Waals surface area (Å²) in [4.78, 5) is 73.9. The van der Waals surface area contributed by atoms with Crippen LogP contribution in [0.3, 0.4) is 0 Å². The number of hydrogen-bond acceptors (Lipinski definition) is 14. The van der Waals surface area contributed by atoms with Crippen molar-refractivity contribution in [3.05, 3.63) is 242 Å². The molecule has 17 nitrogen and oxygen atoms in total. The fourth-order valence-corrected chi connectivity index (χ4v) is 13.6. The lowest BCUT2D eigenvalue weighted by atomic mass is 9.76. The van der Waals surface area contributed by atoms with Gasteiger partial charge in [0.2, 0.25) is 0 Å². The molecular weight excluding hydrogens is 1390 g/mol. The number of cyclic esters (lactones) is 1. The number of ether oxygens (including phenoxy) is 3. The zero-order valence-electron chi connectivity index (χ0n) is 65.2. The van der Waals surface area contributed by atoms with Gasteiger partial charge in [-0.3, -0.25) is 24.0 Å². The Morgan fingerprint density at radius 2 is 1.34 bits per heavy atom. The van der Waals surface area contributed by atoms with Crippen LogP contribution in [0.1, 0.15) is 210 Å². The molecule has 1 aromatic heterocycles. The molecule has 7 aromatic carbocycles. The van der Waals surface area contributed by atoms with Gasteiger partial charge in [0.1, 0.15) is 28.8 Å². The fraction of sp³-hybridized carbons (Fsp3) is 0.374. The van der Waals surface area contributed by atoms with Crippen LogP contribution in [0.4, 0.5) is 17.1 Å². The number of carboxylic acids is 1. The quantitative estimate of drug-likeness (QED) is 0.00818. The molecule has 0 spiro atoms. The number of amides is 2. The Hall–Kier alpha value is -10.5. The summed E-state index contributed by atoms with van der Waals surface area (Å²) in [5, 5.41) is 36.5. The van der Waals surface area contributed by atoms with E-state index in [4.69, 9.17) is 35.3 Å². The summed E-state index contributed by atoms with van der Waals surface area (Å²) in [6.45, 7) is 31.0. The largest absolute Gasteiger partial charge is 0.506 e. The summed E-state index contributed by atoms with van der Waals surface area (Å²) in [5.41, 5.74) is 11.2. The van der Waals surface area contributed by atoms with E-state index in [0.29, 0.717) is 89.2 Å². The molecule has 0 saturated carbocycles. The Morgan fingerprint density at radius 3 is 1.99 bits per heavy atom. The van der Waals surface area contributed by atoms with Gasteiger partial charge in [0.15, 0.2) is 5.78 Å². The van der Waals surface area contributed by atoms with Crippen LogP contribution in [0.2, 0.25) is 0 Å². The number of fused-ring (bicyclic) bond motifs is 2. The third kappa shape index (κ3) is 23.5. The fourth-order valence-electron chi connectivity index (χ4n) is 12.5. The van der Waals surface area contributed by atoms with E-state index < -0.39 is 23.8 Å². The Morgan fingerprint density at radius 1 is 0.697 bits per heavy atom. The van der Waals surface area contributed by atoms with Crippen molar-refractivity contribution in [1.29, 1.82) is 0 Å². The predicted octanol–water partition coefficient (Wildman–Crippen LogP) is 20.8. The van der Waals surface area contributed by atoms with E-state index in [0.717, 1.165) is 81.8 Å². The number of carbonyl (C=O) groups excluding carboxylic acids is 4. The van der Waals surface area contributed by atoms with Crippen LogP contribution >= 0.6 is 11.8 Å². The van der Waals surface area contributed by atoms with Gasteiger partial charge in [-0.1, -0.05) is 203 Å². The van der Waals surface area contributed by atoms with Gasteiger partial charge in [0.25, 0.3) is 17.5 Å². The molecule has 109 heavy (non-hydrogen) atoms. The number of aliphatic hydroxyl groups excluding tert-OH is 1. The van der Waals surface area contributed by atoms with Crippen LogP contribution in [-0.2, 0) is 30.0 Å². The number of allylic oxidation sites excluding steroid dienone is 2. The Bertz CT molecular complexity index is 4640. The number of nitrogens with one attached hydrogen (secondary N) is 2. The predicted molar refractivity (Wildman–Crippen MR) is 440 cm³/mol. The van der Waals surface area contributed by atoms with E-state index in [9.17, 15) is 34.2 Å². The number of carbonyl (C=O) groups is 5. The number of benzene rings is 7. The minimum Gasteiger partial charge on any atom is -0.506 e. The lowest BCUT2D eigenvalue weighted by molar-refractivity contribution is -0.136. The number of hydrogen-bond donors (Lipinski definition) is 5. The number of nitrogens with zero attached hydrogens (tertiary/aromatic N) is 3. The summed E-state index contributed by atoms with van der Waals surface area (Å²) in [6.07, 6.45) is 20.8. The van der Waals surface area contributed by atoms with Crippen molar-refractivity contribution < 1.29 is 57.9 Å². The lowest BCUT2D eigenvalue weighted by Gasteiger charge is -2.30. The third-order valence-electron chi connectivity index (χ3n) is 20.0. The van der Waals surface area contributed by atoms with Crippen molar-refractivity contribution in [1.82, 2.24) is 5.32 Å². The summed E-state index contributed by atoms with van der Waals surface area (Å²) in [6, 6.07) is 45.5. The highest BCUT2D eigenvalue weighted by Crippen LogP contribution is 2.42. The SMILES string of the molecule is CCC(C)(C)c1ccc(OCCCCNC(=O)C2=CC(=Nc3ccc(N(C)CCO)cc3C)c3ccccc3C2=O)c(C(C)(C)CC)c1.CCCCCCCCCCCCOc1ccc(C)cc1NC(=O)c1cc(SCCC(=O)O)c2ccccc2c1O.[C-]#[N+]C1=C(c2ccc(C)cc2)C(=Cc2ccco2)OC1=O. The van der Waals surface area contributed by atoms with Crippen molar-refractivity contribution in [3.8, 4) is 17.2 Å². The highest BCUT2D eigenvalue weighted by Gasteiger charge is 2.33. The molecule has 2 amide bonds. The summed E-state index contributed by atoms with van der Waals surface area (Å²) in [5.74, 6) is 0.0352. The van der Waals surface area contributed by atoms with E-state index in [1.807, 2.05) is 118 Å². The smallest absolute Gasteiger partial charge is 0.342 e. The average Bonchev–Trinajstić information content (AvgIpc) is 1.33. The number of unbranched alkanes of at least 4 members (excludes halogenated alkanes) is 10. The molecule has 0 fully saturated rings. The number of aliphatic carboxylic acids is 1. The number of esters is 1. The van der Waals surface area contributed by atoms with E-state index in [1.54, 1.807) is 54.6 Å². The number of anilines is 2. The van der Waals surface area contributed by atoms with Crippen LogP contribution in [0.5, 0.6) is 17.2 Å². The van der Waals surface area contributed by atoms with Crippen molar-refractivity contribution >= 4 is 86.5 Å². The second-order valence-corrected chi connectivity index (χ2v) is 30.1. The first-order valence-electron chi connectivity index (χ1n) is 38.2. The Balaban J connectivity index is 0.000000220. The van der Waals surface area contributed by atoms with Crippen LogP contribution in [0.15, 0.2) is 189 Å². The molecule has 10 rings (SSSR count). The van der Waals surface area contributed by atoms with E-state index in [2.05, 4.69) is 82.1 Å². The van der Waals surface area contributed by atoms with Crippen molar-refractivity contribution in [2.24, 2.45) is 4.99 Å². The number of Topliss-reactive ketones (excluding diaryl/α,β-unsaturated/α-hetero) is 1. The number of aliphatic hydroxyl groups is 1. The maximum Gasteiger partial charge on any atom is 0.342 e. The second kappa shape index (κ2) is 41.2. The third-order valence-corrected chi connectivity index (χ3v) is 21.0. The average molecular weight is 1490 g/mol. The number of aryl methyl sites for hydroxylation is 3. The van der Waals surface area contributed by atoms with E-state index in [1.165, 1.54) is 80.5 Å². The van der Waals surface area contributed by atoms with Gasteiger partial charge in [-0.2, -0.15) is 0 Å². The molecule has 0 saturated heterocycles. The maximum absolute atomic E-state index is 13.4. The number of thioether (sulfide) groups is 1. The van der Waals surface area contributed by atoms with Gasteiger partial charge < -0.3 is 49.5 Å². The molecule has 574 valence electrons. The first-order chi connectivity index (χ1) is 52.4. The van der Waals surface area contributed by atoms with Gasteiger partial charge >= 0.3 is 11.9 Å². The summed E-state index contributed by atoms with van der Waals surface area (Å²) < 4.78 is 22.8.